The Balaban J connectivity index is 3.19. The third kappa shape index (κ3) is 5.82. The zero-order chi connectivity index (χ0) is 18.8. The van der Waals surface area contributed by atoms with E-state index in [2.05, 4.69) is 0 Å². The van der Waals surface area contributed by atoms with E-state index in [1.807, 2.05) is 0 Å². The summed E-state index contributed by atoms with van der Waals surface area (Å²) in [7, 11) is 2.85. The number of para-hydroxylation sites is 1. The Morgan fingerprint density at radius 3 is 2.60 bits per heavy atom. The highest BCUT2D eigenvalue weighted by molar-refractivity contribution is 5.98. The molecule has 134 valence electrons. The number of hydrogen-bond donors (Lipinski definition) is 1. The van der Waals surface area contributed by atoms with Crippen LogP contribution in [0.15, 0.2) is 23.8 Å². The molecule has 0 aromatic heterocycles. The number of rotatable bonds is 9. The number of aliphatic carboxylic acids is 1. The molecule has 0 radical (unpaired) electrons. The minimum absolute atomic E-state index is 0.00582. The summed E-state index contributed by atoms with van der Waals surface area (Å²) in [6.07, 6.45) is 0.101. The van der Waals surface area contributed by atoms with Gasteiger partial charge in [-0.25, -0.2) is 9.59 Å². The van der Waals surface area contributed by atoms with E-state index in [9.17, 15) is 14.9 Å². The number of benzene rings is 1. The molecule has 1 aromatic rings. The van der Waals surface area contributed by atoms with Gasteiger partial charge in [-0.05, 0) is 19.1 Å². The Hall–Kier alpha value is -3.05. The van der Waals surface area contributed by atoms with Gasteiger partial charge in [0.25, 0.3) is 0 Å². The van der Waals surface area contributed by atoms with E-state index in [1.54, 1.807) is 24.3 Å². The van der Waals surface area contributed by atoms with Gasteiger partial charge >= 0.3 is 11.9 Å². The fourth-order valence-corrected chi connectivity index (χ4v) is 1.75. The van der Waals surface area contributed by atoms with Crippen LogP contribution in [-0.4, -0.2) is 50.6 Å². The predicted octanol–water partition coefficient (Wildman–Crippen LogP) is 1.64. The second-order valence-electron chi connectivity index (χ2n) is 4.78. The molecule has 25 heavy (non-hydrogen) atoms. The minimum atomic E-state index is -1.17. The maximum atomic E-state index is 11.9. The number of methoxy groups -OCH3 is 2. The van der Waals surface area contributed by atoms with Crippen LogP contribution in [0, 0.1) is 11.3 Å². The summed E-state index contributed by atoms with van der Waals surface area (Å²) in [4.78, 5) is 22.9. The Bertz CT molecular complexity index is 691. The minimum Gasteiger partial charge on any atom is -0.493 e. The monoisotopic (exact) mass is 349 g/mol. The lowest BCUT2D eigenvalue weighted by Gasteiger charge is -2.16. The average molecular weight is 349 g/mol. The van der Waals surface area contributed by atoms with E-state index in [0.717, 1.165) is 0 Å². The zero-order valence-electron chi connectivity index (χ0n) is 14.1. The van der Waals surface area contributed by atoms with Gasteiger partial charge in [0.05, 0.1) is 13.7 Å². The fourth-order valence-electron chi connectivity index (χ4n) is 1.75. The number of nitrogens with zero attached hydrogens (tertiary/aromatic N) is 1. The molecule has 0 fully saturated rings. The van der Waals surface area contributed by atoms with Crippen molar-refractivity contribution in [2.45, 2.75) is 13.0 Å². The van der Waals surface area contributed by atoms with Crippen molar-refractivity contribution in [1.29, 1.82) is 5.26 Å². The van der Waals surface area contributed by atoms with Crippen LogP contribution in [0.25, 0.3) is 6.08 Å². The van der Waals surface area contributed by atoms with Gasteiger partial charge in [0.2, 0.25) is 0 Å². The summed E-state index contributed by atoms with van der Waals surface area (Å²) in [5.74, 6) is -1.61. The number of carbonyl (C=O) groups is 2. The number of hydrogen-bond acceptors (Lipinski definition) is 7. The van der Waals surface area contributed by atoms with Crippen molar-refractivity contribution in [2.24, 2.45) is 0 Å². The van der Waals surface area contributed by atoms with E-state index in [1.165, 1.54) is 27.2 Å². The topological polar surface area (TPSA) is 115 Å². The molecule has 1 atom stereocenters. The van der Waals surface area contributed by atoms with Crippen molar-refractivity contribution in [1.82, 2.24) is 0 Å². The summed E-state index contributed by atoms with van der Waals surface area (Å²) in [6.45, 7) is 1.56. The summed E-state index contributed by atoms with van der Waals surface area (Å²) in [6, 6.07) is 6.51. The molecule has 8 nitrogen and oxygen atoms in total. The standard InChI is InChI=1S/C17H19NO7/c1-11(16(19)20)25-15-12(5-4-6-14(15)23-3)9-13(10-18)17(21)24-8-7-22-2/h4-6,9,11H,7-8H2,1-3H3,(H,19,20)/b13-9+/t11-/m0/s1. The van der Waals surface area contributed by atoms with Gasteiger partial charge in [0, 0.05) is 12.7 Å². The van der Waals surface area contributed by atoms with Crippen LogP contribution in [0.3, 0.4) is 0 Å². The van der Waals surface area contributed by atoms with Crippen LogP contribution in [0.4, 0.5) is 0 Å². The number of nitriles is 1. The van der Waals surface area contributed by atoms with Crippen LogP contribution in [0.2, 0.25) is 0 Å². The van der Waals surface area contributed by atoms with Crippen molar-refractivity contribution in [3.8, 4) is 17.6 Å². The first-order chi connectivity index (χ1) is 11.9. The van der Waals surface area contributed by atoms with E-state index < -0.39 is 18.0 Å². The van der Waals surface area contributed by atoms with Gasteiger partial charge in [0.15, 0.2) is 17.6 Å². The van der Waals surface area contributed by atoms with Crippen molar-refractivity contribution in [2.75, 3.05) is 27.4 Å². The highest BCUT2D eigenvalue weighted by Crippen LogP contribution is 2.33. The third-order valence-corrected chi connectivity index (χ3v) is 3.03. The Kier molecular flexibility index (Phi) is 7.96. The van der Waals surface area contributed by atoms with E-state index in [4.69, 9.17) is 24.1 Å². The molecule has 0 aliphatic rings. The largest absolute Gasteiger partial charge is 0.493 e. The summed E-state index contributed by atoms with van der Waals surface area (Å²) >= 11 is 0. The lowest BCUT2D eigenvalue weighted by atomic mass is 10.1. The molecule has 0 saturated carbocycles. The molecule has 0 bridgehead atoms. The summed E-state index contributed by atoms with van der Waals surface area (Å²) in [5, 5.41) is 18.2. The predicted molar refractivity (Wildman–Crippen MR) is 87.1 cm³/mol. The highest BCUT2D eigenvalue weighted by Gasteiger charge is 2.19. The van der Waals surface area contributed by atoms with Crippen LogP contribution >= 0.6 is 0 Å². The average Bonchev–Trinajstić information content (AvgIpc) is 2.60. The van der Waals surface area contributed by atoms with Gasteiger partial charge in [-0.3, -0.25) is 0 Å². The normalized spacial score (nSPS) is 12.0. The second kappa shape index (κ2) is 9.95. The third-order valence-electron chi connectivity index (χ3n) is 3.03. The molecule has 0 unspecified atom stereocenters. The zero-order valence-corrected chi connectivity index (χ0v) is 14.1. The van der Waals surface area contributed by atoms with Gasteiger partial charge in [-0.1, -0.05) is 12.1 Å². The molecule has 0 heterocycles. The number of carboxylic acids is 1. The molecule has 0 aliphatic heterocycles. The number of carbonyl (C=O) groups excluding carboxylic acids is 1. The molecular weight excluding hydrogens is 330 g/mol. The SMILES string of the molecule is COCCOC(=O)/C(C#N)=C/c1cccc(OC)c1O[C@@H](C)C(=O)O. The van der Waals surface area contributed by atoms with Crippen molar-refractivity contribution >= 4 is 18.0 Å². The molecule has 0 amide bonds. The van der Waals surface area contributed by atoms with Crippen LogP contribution < -0.4 is 9.47 Å². The van der Waals surface area contributed by atoms with Gasteiger partial charge in [-0.2, -0.15) is 5.26 Å². The Labute approximate surface area is 145 Å². The molecule has 0 aliphatic carbocycles. The molecule has 0 saturated heterocycles. The molecule has 8 heteroatoms. The number of ether oxygens (including phenoxy) is 4. The Morgan fingerprint density at radius 1 is 1.32 bits per heavy atom. The van der Waals surface area contributed by atoms with Crippen LogP contribution in [0.5, 0.6) is 11.5 Å². The second-order valence-corrected chi connectivity index (χ2v) is 4.78. The van der Waals surface area contributed by atoms with E-state index >= 15 is 0 Å². The lowest BCUT2D eigenvalue weighted by Crippen LogP contribution is -2.23. The summed E-state index contributed by atoms with van der Waals surface area (Å²) < 4.78 is 20.2. The first kappa shape index (κ1) is 20.0. The van der Waals surface area contributed by atoms with Gasteiger partial charge < -0.3 is 24.1 Å². The van der Waals surface area contributed by atoms with Crippen molar-refractivity contribution < 1.29 is 33.6 Å². The smallest absolute Gasteiger partial charge is 0.348 e. The first-order valence-corrected chi connectivity index (χ1v) is 7.28. The summed E-state index contributed by atoms with van der Waals surface area (Å²) in [5.41, 5.74) is 0.0462. The molecule has 1 N–H and O–H groups in total. The first-order valence-electron chi connectivity index (χ1n) is 7.28. The number of carboxylic acid groups (broad SMARTS) is 1. The van der Waals surface area contributed by atoms with Gasteiger partial charge in [-0.15, -0.1) is 0 Å². The molecular formula is C17H19NO7. The number of esters is 1. The molecule has 0 spiro atoms. The van der Waals surface area contributed by atoms with Crippen LogP contribution in [-0.2, 0) is 19.1 Å². The molecule has 1 aromatic carbocycles. The van der Waals surface area contributed by atoms with E-state index in [-0.39, 0.29) is 30.3 Å². The van der Waals surface area contributed by atoms with Crippen LogP contribution in [0.1, 0.15) is 12.5 Å². The van der Waals surface area contributed by atoms with Crippen molar-refractivity contribution in [3.05, 3.63) is 29.3 Å². The lowest BCUT2D eigenvalue weighted by molar-refractivity contribution is -0.144. The van der Waals surface area contributed by atoms with Gasteiger partial charge in [0.1, 0.15) is 18.2 Å². The van der Waals surface area contributed by atoms with Crippen molar-refractivity contribution in [3.63, 3.8) is 0 Å². The molecule has 1 rings (SSSR count). The maximum absolute atomic E-state index is 11.9. The highest BCUT2D eigenvalue weighted by atomic mass is 16.6. The fraction of sp³-hybridized carbons (Fsp3) is 0.353. The maximum Gasteiger partial charge on any atom is 0.348 e. The Morgan fingerprint density at radius 2 is 2.04 bits per heavy atom. The quantitative estimate of drug-likeness (QED) is 0.310. The van der Waals surface area contributed by atoms with E-state index in [0.29, 0.717) is 5.56 Å².